The first-order chi connectivity index (χ1) is 12.1. The second-order valence-corrected chi connectivity index (χ2v) is 7.73. The van der Waals surface area contributed by atoms with Gasteiger partial charge >= 0.3 is 0 Å². The van der Waals surface area contributed by atoms with Crippen molar-refractivity contribution in [3.63, 3.8) is 0 Å². The van der Waals surface area contributed by atoms with E-state index in [2.05, 4.69) is 31.9 Å². The first-order valence-corrected chi connectivity index (χ1v) is 9.65. The fourth-order valence-corrected chi connectivity index (χ4v) is 3.71. The molecule has 1 aliphatic carbocycles. The number of carbonyl (C=O) groups is 1. The summed E-state index contributed by atoms with van der Waals surface area (Å²) in [5, 5.41) is 0. The smallest absolute Gasteiger partial charge is 0.261 e. The molecule has 0 aromatic heterocycles. The van der Waals surface area contributed by atoms with Crippen LogP contribution in [-0.2, 0) is 11.3 Å². The van der Waals surface area contributed by atoms with Gasteiger partial charge in [0.2, 0.25) is 0 Å². The molecule has 1 amide bonds. The summed E-state index contributed by atoms with van der Waals surface area (Å²) in [6, 6.07) is 13.8. The number of halogens is 2. The van der Waals surface area contributed by atoms with Crippen LogP contribution in [0.4, 0.5) is 0 Å². The third kappa shape index (κ3) is 4.98. The number of methoxy groups -OCH3 is 1. The molecule has 0 atom stereocenters. The molecule has 1 saturated carbocycles. The molecule has 4 nitrogen and oxygen atoms in total. The largest absolute Gasteiger partial charge is 0.497 e. The van der Waals surface area contributed by atoms with Crippen LogP contribution in [0.5, 0.6) is 11.5 Å². The van der Waals surface area contributed by atoms with Gasteiger partial charge in [-0.25, -0.2) is 0 Å². The number of amides is 1. The molecule has 132 valence electrons. The SMILES string of the molecule is COc1ccc(CN(C(=O)COc2ccc(Br)cc2Br)C2CC2)cc1. The maximum absolute atomic E-state index is 12.7. The van der Waals surface area contributed by atoms with Crippen molar-refractivity contribution in [2.45, 2.75) is 25.4 Å². The zero-order chi connectivity index (χ0) is 17.8. The van der Waals surface area contributed by atoms with Gasteiger partial charge < -0.3 is 14.4 Å². The van der Waals surface area contributed by atoms with Crippen molar-refractivity contribution in [2.24, 2.45) is 0 Å². The molecule has 0 N–H and O–H groups in total. The van der Waals surface area contributed by atoms with Crippen LogP contribution >= 0.6 is 31.9 Å². The number of benzene rings is 2. The van der Waals surface area contributed by atoms with Gasteiger partial charge in [-0.3, -0.25) is 4.79 Å². The van der Waals surface area contributed by atoms with Crippen molar-refractivity contribution in [1.82, 2.24) is 4.90 Å². The standard InChI is InChI=1S/C19H19Br2NO3/c1-24-16-7-2-13(3-8-16)11-22(15-5-6-15)19(23)12-25-18-9-4-14(20)10-17(18)21/h2-4,7-10,15H,5-6,11-12H2,1H3. The minimum Gasteiger partial charge on any atom is -0.497 e. The lowest BCUT2D eigenvalue weighted by molar-refractivity contribution is -0.134. The van der Waals surface area contributed by atoms with E-state index in [0.29, 0.717) is 18.3 Å². The highest BCUT2D eigenvalue weighted by molar-refractivity contribution is 9.11. The molecule has 2 aromatic rings. The van der Waals surface area contributed by atoms with Crippen LogP contribution in [0.2, 0.25) is 0 Å². The number of hydrogen-bond donors (Lipinski definition) is 0. The van der Waals surface area contributed by atoms with E-state index < -0.39 is 0 Å². The van der Waals surface area contributed by atoms with Crippen molar-refractivity contribution in [2.75, 3.05) is 13.7 Å². The van der Waals surface area contributed by atoms with Gasteiger partial charge in [0, 0.05) is 17.1 Å². The van der Waals surface area contributed by atoms with Gasteiger partial charge in [-0.2, -0.15) is 0 Å². The summed E-state index contributed by atoms with van der Waals surface area (Å²) in [6.45, 7) is 0.630. The maximum Gasteiger partial charge on any atom is 0.261 e. The van der Waals surface area contributed by atoms with E-state index in [1.165, 1.54) is 0 Å². The Balaban J connectivity index is 1.62. The molecule has 1 aliphatic rings. The monoisotopic (exact) mass is 467 g/mol. The summed E-state index contributed by atoms with van der Waals surface area (Å²) in [4.78, 5) is 14.6. The highest BCUT2D eigenvalue weighted by Crippen LogP contribution is 2.30. The second-order valence-electron chi connectivity index (χ2n) is 5.96. The van der Waals surface area contributed by atoms with Gasteiger partial charge in [-0.15, -0.1) is 0 Å². The predicted molar refractivity (Wildman–Crippen MR) is 104 cm³/mol. The minimum absolute atomic E-state index is 0.00753. The molecule has 1 fully saturated rings. The van der Waals surface area contributed by atoms with Crippen LogP contribution in [0.15, 0.2) is 51.4 Å². The molecular weight excluding hydrogens is 450 g/mol. The topological polar surface area (TPSA) is 38.8 Å². The Labute approximate surface area is 164 Å². The molecule has 0 bridgehead atoms. The summed E-state index contributed by atoms with van der Waals surface area (Å²) in [5.74, 6) is 1.49. The summed E-state index contributed by atoms with van der Waals surface area (Å²) in [5.41, 5.74) is 1.09. The average Bonchev–Trinajstić information content (AvgIpc) is 3.44. The Hall–Kier alpha value is -1.53. The number of hydrogen-bond acceptors (Lipinski definition) is 3. The van der Waals surface area contributed by atoms with Gasteiger partial charge in [-0.1, -0.05) is 28.1 Å². The quantitative estimate of drug-likeness (QED) is 0.586. The molecule has 0 aliphatic heterocycles. The van der Waals surface area contributed by atoms with Crippen LogP contribution in [0.25, 0.3) is 0 Å². The van der Waals surface area contributed by atoms with E-state index >= 15 is 0 Å². The van der Waals surface area contributed by atoms with E-state index in [1.54, 1.807) is 7.11 Å². The number of ether oxygens (including phenoxy) is 2. The highest BCUT2D eigenvalue weighted by Gasteiger charge is 2.32. The average molecular weight is 469 g/mol. The molecule has 0 unspecified atom stereocenters. The predicted octanol–water partition coefficient (Wildman–Crippen LogP) is 4.79. The van der Waals surface area contributed by atoms with Crippen LogP contribution in [0.3, 0.4) is 0 Å². The van der Waals surface area contributed by atoms with Crippen molar-refractivity contribution < 1.29 is 14.3 Å². The van der Waals surface area contributed by atoms with Gasteiger partial charge in [0.05, 0.1) is 11.6 Å². The lowest BCUT2D eigenvalue weighted by Gasteiger charge is -2.23. The van der Waals surface area contributed by atoms with E-state index in [1.807, 2.05) is 47.4 Å². The Kier molecular flexibility index (Phi) is 6.02. The van der Waals surface area contributed by atoms with Gasteiger partial charge in [0.1, 0.15) is 11.5 Å². The second kappa shape index (κ2) is 8.23. The molecule has 2 aromatic carbocycles. The van der Waals surface area contributed by atoms with Crippen LogP contribution in [0.1, 0.15) is 18.4 Å². The molecule has 3 rings (SSSR count). The first-order valence-electron chi connectivity index (χ1n) is 8.07. The molecule has 0 heterocycles. The van der Waals surface area contributed by atoms with Gasteiger partial charge in [0.15, 0.2) is 6.61 Å². The van der Waals surface area contributed by atoms with Crippen LogP contribution < -0.4 is 9.47 Å². The Morgan fingerprint density at radius 2 is 1.88 bits per heavy atom. The normalized spacial score (nSPS) is 13.4. The van der Waals surface area contributed by atoms with Crippen LogP contribution in [-0.4, -0.2) is 30.6 Å². The number of nitrogens with zero attached hydrogens (tertiary/aromatic N) is 1. The van der Waals surface area contributed by atoms with E-state index in [0.717, 1.165) is 33.1 Å². The number of carbonyl (C=O) groups excluding carboxylic acids is 1. The van der Waals surface area contributed by atoms with Crippen molar-refractivity contribution >= 4 is 37.8 Å². The third-order valence-electron chi connectivity index (χ3n) is 4.07. The number of rotatable bonds is 7. The summed E-state index contributed by atoms with van der Waals surface area (Å²) in [6.07, 6.45) is 2.12. The minimum atomic E-state index is 0.00753. The van der Waals surface area contributed by atoms with Gasteiger partial charge in [-0.05, 0) is 64.7 Å². The fourth-order valence-electron chi connectivity index (χ4n) is 2.55. The Morgan fingerprint density at radius 3 is 2.48 bits per heavy atom. The van der Waals surface area contributed by atoms with Crippen LogP contribution in [0, 0.1) is 0 Å². The molecule has 6 heteroatoms. The Morgan fingerprint density at radius 1 is 1.16 bits per heavy atom. The van der Waals surface area contributed by atoms with Crippen molar-refractivity contribution in [1.29, 1.82) is 0 Å². The summed E-state index contributed by atoms with van der Waals surface area (Å²) in [7, 11) is 1.65. The maximum atomic E-state index is 12.7. The Bertz CT molecular complexity index is 745. The van der Waals surface area contributed by atoms with E-state index in [4.69, 9.17) is 9.47 Å². The van der Waals surface area contributed by atoms with E-state index in [-0.39, 0.29) is 12.5 Å². The molecular formula is C19H19Br2NO3. The summed E-state index contributed by atoms with van der Waals surface area (Å²) >= 11 is 6.86. The fraction of sp³-hybridized carbons (Fsp3) is 0.316. The summed E-state index contributed by atoms with van der Waals surface area (Å²) < 4.78 is 12.7. The zero-order valence-corrected chi connectivity index (χ0v) is 17.0. The highest BCUT2D eigenvalue weighted by atomic mass is 79.9. The van der Waals surface area contributed by atoms with Crippen molar-refractivity contribution in [3.05, 3.63) is 57.0 Å². The zero-order valence-electron chi connectivity index (χ0n) is 13.9. The first kappa shape index (κ1) is 18.3. The van der Waals surface area contributed by atoms with E-state index in [9.17, 15) is 4.79 Å². The molecule has 0 saturated heterocycles. The molecule has 25 heavy (non-hydrogen) atoms. The third-order valence-corrected chi connectivity index (χ3v) is 5.18. The molecule has 0 spiro atoms. The lowest BCUT2D eigenvalue weighted by Crippen LogP contribution is -2.36. The lowest BCUT2D eigenvalue weighted by atomic mass is 10.2. The van der Waals surface area contributed by atoms with Crippen molar-refractivity contribution in [3.8, 4) is 11.5 Å². The molecule has 0 radical (unpaired) electrons. The van der Waals surface area contributed by atoms with Gasteiger partial charge in [0.25, 0.3) is 5.91 Å².